The molecule has 0 radical (unpaired) electrons. The molecule has 2 rings (SSSR count). The molecule has 4 nitrogen and oxygen atoms in total. The molecule has 0 spiro atoms. The standard InChI is InChI=1S/C6H5F5N3OP3/c7-13-16(9)12-18(11,14(8)17(13)10)15-6-4-2-1-3-5-6/h1-5H. The average molecular weight is 323 g/mol. The quantitative estimate of drug-likeness (QED) is 0.393. The van der Waals surface area contributed by atoms with Gasteiger partial charge in [-0.15, -0.1) is 17.7 Å². The van der Waals surface area contributed by atoms with Crippen molar-refractivity contribution < 1.29 is 26.1 Å². The maximum atomic E-state index is 14.0. The molecule has 3 atom stereocenters. The van der Waals surface area contributed by atoms with Crippen molar-refractivity contribution in [3.8, 4) is 5.75 Å². The molecule has 0 bridgehead atoms. The van der Waals surface area contributed by atoms with E-state index in [1.54, 1.807) is 6.07 Å². The van der Waals surface area contributed by atoms with Crippen LogP contribution >= 0.6 is 24.8 Å². The minimum atomic E-state index is -5.01. The van der Waals surface area contributed by atoms with Crippen molar-refractivity contribution in [1.29, 1.82) is 0 Å². The molecule has 1 heterocycles. The molecule has 1 aromatic rings. The summed E-state index contributed by atoms with van der Waals surface area (Å²) in [6.45, 7) is 0. The predicted molar refractivity (Wildman–Crippen MR) is 59.5 cm³/mol. The van der Waals surface area contributed by atoms with Gasteiger partial charge in [0.25, 0.3) is 0 Å². The van der Waals surface area contributed by atoms with Crippen LogP contribution in [0.4, 0.5) is 21.6 Å². The number of para-hydroxylation sites is 1. The van der Waals surface area contributed by atoms with Gasteiger partial charge in [0, 0.05) is 4.66 Å². The van der Waals surface area contributed by atoms with Gasteiger partial charge in [0.1, 0.15) is 5.75 Å². The van der Waals surface area contributed by atoms with Crippen LogP contribution in [0.15, 0.2) is 34.8 Å². The fourth-order valence-corrected chi connectivity index (χ4v) is 5.60. The van der Waals surface area contributed by atoms with Crippen LogP contribution in [-0.2, 0) is 0 Å². The zero-order valence-corrected chi connectivity index (χ0v) is 11.1. The highest BCUT2D eigenvalue weighted by molar-refractivity contribution is 7.77. The summed E-state index contributed by atoms with van der Waals surface area (Å²) in [6, 6.07) is 6.99. The van der Waals surface area contributed by atoms with Gasteiger partial charge in [0.15, 0.2) is 0 Å². The number of rotatable bonds is 2. The number of hydrogen-bond donors (Lipinski definition) is 0. The molecule has 0 fully saturated rings. The summed E-state index contributed by atoms with van der Waals surface area (Å²) in [5.41, 5.74) is 0. The Morgan fingerprint density at radius 2 is 1.78 bits per heavy atom. The van der Waals surface area contributed by atoms with Crippen LogP contribution in [0.2, 0.25) is 0 Å². The third-order valence-corrected chi connectivity index (χ3v) is 6.89. The van der Waals surface area contributed by atoms with E-state index < -0.39 is 34.1 Å². The Bertz CT molecular complexity index is 479. The molecule has 0 amide bonds. The Kier molecular flexibility index (Phi) is 4.19. The van der Waals surface area contributed by atoms with Gasteiger partial charge >= 0.3 is 24.8 Å². The van der Waals surface area contributed by atoms with Gasteiger partial charge in [-0.05, 0) is 16.8 Å². The van der Waals surface area contributed by atoms with E-state index in [1.165, 1.54) is 24.3 Å². The van der Waals surface area contributed by atoms with E-state index in [0.717, 1.165) is 0 Å². The van der Waals surface area contributed by atoms with E-state index in [-0.39, 0.29) is 5.75 Å². The molecule has 1 aromatic carbocycles. The molecule has 0 saturated carbocycles. The zero-order chi connectivity index (χ0) is 13.3. The molecule has 0 aromatic heterocycles. The number of halogens is 5. The predicted octanol–water partition coefficient (Wildman–Crippen LogP) is 5.76. The Morgan fingerprint density at radius 1 is 1.17 bits per heavy atom. The lowest BCUT2D eigenvalue weighted by Gasteiger charge is -2.29. The van der Waals surface area contributed by atoms with Gasteiger partial charge in [0.05, 0.1) is 0 Å². The first kappa shape index (κ1) is 14.1. The molecule has 0 saturated heterocycles. The lowest BCUT2D eigenvalue weighted by molar-refractivity contribution is 0.176. The largest absolute Gasteiger partial charge is 0.424 e. The van der Waals surface area contributed by atoms with Gasteiger partial charge in [0.2, 0.25) is 0 Å². The van der Waals surface area contributed by atoms with Crippen LogP contribution in [-0.4, -0.2) is 9.33 Å². The first-order chi connectivity index (χ1) is 8.44. The van der Waals surface area contributed by atoms with E-state index in [0.29, 0.717) is 0 Å². The summed E-state index contributed by atoms with van der Waals surface area (Å²) >= 11 is 0. The molecule has 0 N–H and O–H groups in total. The van der Waals surface area contributed by atoms with Crippen molar-refractivity contribution in [1.82, 2.24) is 9.33 Å². The van der Waals surface area contributed by atoms with Crippen LogP contribution in [0, 0.1) is 0 Å². The van der Waals surface area contributed by atoms with E-state index in [2.05, 4.69) is 9.04 Å². The summed E-state index contributed by atoms with van der Waals surface area (Å²) in [7, 11) is -12.5. The van der Waals surface area contributed by atoms with Crippen LogP contribution in [0.1, 0.15) is 0 Å². The van der Waals surface area contributed by atoms with Crippen molar-refractivity contribution in [3.05, 3.63) is 30.3 Å². The van der Waals surface area contributed by atoms with Crippen molar-refractivity contribution in [2.24, 2.45) is 4.52 Å². The summed E-state index contributed by atoms with van der Waals surface area (Å²) in [5.74, 6) is -0.154. The van der Waals surface area contributed by atoms with Gasteiger partial charge in [-0.3, -0.25) is 0 Å². The first-order valence-corrected chi connectivity index (χ1v) is 8.12. The summed E-state index contributed by atoms with van der Waals surface area (Å²) in [4.78, 5) is 0. The molecule has 0 aliphatic carbocycles. The maximum absolute atomic E-state index is 14.0. The van der Waals surface area contributed by atoms with Gasteiger partial charge in [-0.2, -0.15) is 8.39 Å². The van der Waals surface area contributed by atoms with Gasteiger partial charge in [-0.25, -0.2) is 0 Å². The third kappa shape index (κ3) is 2.65. The Balaban J connectivity index is 2.32. The van der Waals surface area contributed by atoms with Crippen molar-refractivity contribution >= 4 is 24.8 Å². The summed E-state index contributed by atoms with van der Waals surface area (Å²) < 4.78 is 70.8. The second kappa shape index (κ2) is 5.35. The average Bonchev–Trinajstić information content (AvgIpc) is 2.35. The minimum absolute atomic E-state index is 0.154. The zero-order valence-electron chi connectivity index (χ0n) is 8.37. The molecular weight excluding hydrogens is 318 g/mol. The van der Waals surface area contributed by atoms with E-state index in [9.17, 15) is 21.6 Å². The first-order valence-electron chi connectivity index (χ1n) is 4.34. The van der Waals surface area contributed by atoms with E-state index >= 15 is 0 Å². The topological polar surface area (TPSA) is 28.1 Å². The number of nitrogens with zero attached hydrogens (tertiary/aromatic N) is 3. The highest BCUT2D eigenvalue weighted by Gasteiger charge is 2.52. The molecule has 18 heavy (non-hydrogen) atoms. The second-order valence-electron chi connectivity index (χ2n) is 2.93. The van der Waals surface area contributed by atoms with E-state index in [1.807, 2.05) is 0 Å². The normalized spacial score (nSPS) is 34.1. The molecule has 100 valence electrons. The van der Waals surface area contributed by atoms with Crippen molar-refractivity contribution in [2.45, 2.75) is 0 Å². The van der Waals surface area contributed by atoms with Crippen LogP contribution in [0.25, 0.3) is 0 Å². The lowest BCUT2D eigenvalue weighted by atomic mass is 10.3. The fraction of sp³-hybridized carbons (Fsp3) is 0. The Hall–Kier alpha value is -0.320. The highest BCUT2D eigenvalue weighted by atomic mass is 31.3. The third-order valence-electron chi connectivity index (χ3n) is 1.76. The van der Waals surface area contributed by atoms with Crippen LogP contribution < -0.4 is 4.52 Å². The molecule has 3 unspecified atom stereocenters. The SMILES string of the molecule is FN1P(F)N=P(F)(Oc2ccccc2)N(F)P1F. The molecular formula is C6H5F5N3OP3. The van der Waals surface area contributed by atoms with Crippen molar-refractivity contribution in [3.63, 3.8) is 0 Å². The van der Waals surface area contributed by atoms with Crippen LogP contribution in [0.3, 0.4) is 0 Å². The monoisotopic (exact) mass is 323 g/mol. The van der Waals surface area contributed by atoms with Gasteiger partial charge < -0.3 is 4.52 Å². The van der Waals surface area contributed by atoms with Crippen LogP contribution in [0.5, 0.6) is 5.75 Å². The maximum Gasteiger partial charge on any atom is 0.424 e. The van der Waals surface area contributed by atoms with Crippen molar-refractivity contribution in [2.75, 3.05) is 0 Å². The van der Waals surface area contributed by atoms with Gasteiger partial charge in [-0.1, -0.05) is 18.2 Å². The number of benzene rings is 1. The van der Waals surface area contributed by atoms with E-state index in [4.69, 9.17) is 0 Å². The summed E-state index contributed by atoms with van der Waals surface area (Å²) in [5, 5.41) is 0. The second-order valence-corrected chi connectivity index (χ2v) is 7.77. The summed E-state index contributed by atoms with van der Waals surface area (Å²) in [6.07, 6.45) is 0. The minimum Gasteiger partial charge on any atom is -0.422 e. The molecule has 12 heteroatoms. The highest BCUT2D eigenvalue weighted by Crippen LogP contribution is 2.79. The smallest absolute Gasteiger partial charge is 0.422 e. The molecule has 1 aliphatic heterocycles. The number of hydrogen-bond acceptors (Lipinski definition) is 4. The Morgan fingerprint density at radius 3 is 2.39 bits per heavy atom. The fourth-order valence-electron chi connectivity index (χ4n) is 1.04. The molecule has 1 aliphatic rings. The Labute approximate surface area is 101 Å². The lowest BCUT2D eigenvalue weighted by Crippen LogP contribution is -2.14.